The Morgan fingerprint density at radius 1 is 0.792 bits per heavy atom. The summed E-state index contributed by atoms with van der Waals surface area (Å²) in [6.07, 6.45) is 5.10. The molecule has 0 amide bonds. The third-order valence-corrected chi connectivity index (χ3v) is 5.25. The van der Waals surface area contributed by atoms with Crippen molar-refractivity contribution in [2.45, 2.75) is 12.8 Å². The number of halogens is 2. The first-order valence-electron chi connectivity index (χ1n) is 7.37. The molecule has 3 rings (SSSR count). The number of allylic oxidation sites excluding steroid dienone is 2. The lowest BCUT2D eigenvalue weighted by Gasteiger charge is -2.02. The first kappa shape index (κ1) is 17.0. The summed E-state index contributed by atoms with van der Waals surface area (Å²) in [5, 5.41) is 18.9. The molecule has 24 heavy (non-hydrogen) atoms. The van der Waals surface area contributed by atoms with Gasteiger partial charge in [0.2, 0.25) is 0 Å². The van der Waals surface area contributed by atoms with E-state index in [2.05, 4.69) is 31.9 Å². The van der Waals surface area contributed by atoms with Crippen molar-refractivity contribution in [2.75, 3.05) is 0 Å². The molecule has 0 bridgehead atoms. The van der Waals surface area contributed by atoms with E-state index in [0.29, 0.717) is 12.8 Å². The Balaban J connectivity index is 1.89. The number of hydrogen-bond donors (Lipinski definition) is 2. The molecule has 0 atom stereocenters. The van der Waals surface area contributed by atoms with E-state index in [1.165, 1.54) is 0 Å². The molecule has 2 N–H and O–H groups in total. The Labute approximate surface area is 156 Å². The summed E-state index contributed by atoms with van der Waals surface area (Å²) in [6, 6.07) is 9.96. The monoisotopic (exact) mass is 448 g/mol. The van der Waals surface area contributed by atoms with Crippen LogP contribution in [-0.4, -0.2) is 16.0 Å². The Morgan fingerprint density at radius 2 is 1.21 bits per heavy atom. The lowest BCUT2D eigenvalue weighted by molar-refractivity contribution is -0.111. The van der Waals surface area contributed by atoms with Gasteiger partial charge in [-0.15, -0.1) is 0 Å². The Morgan fingerprint density at radius 3 is 1.58 bits per heavy atom. The number of phenolic OH excluding ortho intramolecular Hbond substituents is 2. The molecule has 0 radical (unpaired) electrons. The Kier molecular flexibility index (Phi) is 4.92. The van der Waals surface area contributed by atoms with E-state index in [4.69, 9.17) is 0 Å². The van der Waals surface area contributed by atoms with Gasteiger partial charge in [-0.2, -0.15) is 0 Å². The van der Waals surface area contributed by atoms with Crippen molar-refractivity contribution in [1.82, 2.24) is 0 Å². The lowest BCUT2D eigenvalue weighted by Crippen LogP contribution is -1.96. The summed E-state index contributed by atoms with van der Waals surface area (Å²) >= 11 is 6.80. The van der Waals surface area contributed by atoms with E-state index < -0.39 is 0 Å². The van der Waals surface area contributed by atoms with Crippen LogP contribution < -0.4 is 0 Å². The number of aromatic hydroxyl groups is 2. The van der Waals surface area contributed by atoms with Crippen molar-refractivity contribution in [3.05, 3.63) is 67.6 Å². The summed E-state index contributed by atoms with van der Waals surface area (Å²) in [5.41, 5.74) is 3.23. The van der Waals surface area contributed by atoms with E-state index in [0.717, 1.165) is 31.2 Å². The van der Waals surface area contributed by atoms with Crippen molar-refractivity contribution in [3.63, 3.8) is 0 Å². The van der Waals surface area contributed by atoms with Gasteiger partial charge in [0.05, 0.1) is 0 Å². The van der Waals surface area contributed by atoms with Crippen LogP contribution in [0, 0.1) is 0 Å². The normalized spacial score (nSPS) is 17.8. The fourth-order valence-electron chi connectivity index (χ4n) is 2.62. The number of rotatable bonds is 2. The standard InChI is InChI=1S/C19H14Br2O3/c20-17-9-15(22)5-3-11(17)7-13-1-2-14(19(13)24)8-12-4-6-16(23)10-18(12)21/h3-10,22-23H,1-2H2. The average Bonchev–Trinajstić information content (AvgIpc) is 2.86. The molecule has 0 aliphatic heterocycles. The van der Waals surface area contributed by atoms with Gasteiger partial charge in [-0.3, -0.25) is 4.79 Å². The molecule has 0 heterocycles. The highest BCUT2D eigenvalue weighted by atomic mass is 79.9. The topological polar surface area (TPSA) is 57.5 Å². The highest BCUT2D eigenvalue weighted by molar-refractivity contribution is 9.10. The number of ketones is 1. The first-order chi connectivity index (χ1) is 11.4. The minimum atomic E-state index is 0.0370. The molecule has 2 aromatic rings. The number of benzene rings is 2. The average molecular weight is 450 g/mol. The molecule has 122 valence electrons. The zero-order valence-electron chi connectivity index (χ0n) is 12.6. The summed E-state index contributed by atoms with van der Waals surface area (Å²) in [6.45, 7) is 0. The predicted molar refractivity (Wildman–Crippen MR) is 102 cm³/mol. The van der Waals surface area contributed by atoms with Crippen LogP contribution in [0.3, 0.4) is 0 Å². The van der Waals surface area contributed by atoms with Crippen LogP contribution in [-0.2, 0) is 4.79 Å². The number of carbonyl (C=O) groups excluding carboxylic acids is 1. The maximum atomic E-state index is 12.6. The van der Waals surface area contributed by atoms with Gasteiger partial charge in [0.1, 0.15) is 11.5 Å². The highest BCUT2D eigenvalue weighted by Gasteiger charge is 2.23. The minimum absolute atomic E-state index is 0.0370. The van der Waals surface area contributed by atoms with Gasteiger partial charge in [-0.05, 0) is 60.4 Å². The number of carbonyl (C=O) groups is 1. The largest absolute Gasteiger partial charge is 0.508 e. The van der Waals surface area contributed by atoms with Crippen LogP contribution in [0.25, 0.3) is 12.2 Å². The molecule has 1 fully saturated rings. The molecule has 2 aromatic carbocycles. The lowest BCUT2D eigenvalue weighted by atomic mass is 10.1. The molecule has 3 nitrogen and oxygen atoms in total. The quantitative estimate of drug-likeness (QED) is 0.599. The van der Waals surface area contributed by atoms with Crippen LogP contribution in [0.15, 0.2) is 56.5 Å². The highest BCUT2D eigenvalue weighted by Crippen LogP contribution is 2.33. The summed E-state index contributed by atoms with van der Waals surface area (Å²) < 4.78 is 1.50. The summed E-state index contributed by atoms with van der Waals surface area (Å²) in [5.74, 6) is 0.397. The molecule has 0 unspecified atom stereocenters. The van der Waals surface area contributed by atoms with Crippen LogP contribution in [0.4, 0.5) is 0 Å². The molecular weight excluding hydrogens is 436 g/mol. The molecule has 1 saturated carbocycles. The maximum absolute atomic E-state index is 12.6. The first-order valence-corrected chi connectivity index (χ1v) is 8.95. The number of phenols is 2. The fraction of sp³-hybridized carbons (Fsp3) is 0.105. The number of hydrogen-bond acceptors (Lipinski definition) is 3. The second-order valence-electron chi connectivity index (χ2n) is 5.58. The molecule has 5 heteroatoms. The minimum Gasteiger partial charge on any atom is -0.508 e. The SMILES string of the molecule is O=C1C(=Cc2ccc(O)cc2Br)CCC1=Cc1ccc(O)cc1Br. The van der Waals surface area contributed by atoms with Crippen LogP contribution in [0.1, 0.15) is 24.0 Å². The van der Waals surface area contributed by atoms with E-state index in [9.17, 15) is 15.0 Å². The predicted octanol–water partition coefficient (Wildman–Crippen LogP) is 5.45. The second-order valence-corrected chi connectivity index (χ2v) is 7.29. The third kappa shape index (κ3) is 3.62. The molecule has 1 aliphatic rings. The van der Waals surface area contributed by atoms with Crippen molar-refractivity contribution in [1.29, 1.82) is 0 Å². The zero-order valence-corrected chi connectivity index (χ0v) is 15.8. The third-order valence-electron chi connectivity index (χ3n) is 3.87. The Bertz CT molecular complexity index is 811. The van der Waals surface area contributed by atoms with Gasteiger partial charge in [0, 0.05) is 20.1 Å². The molecular formula is C19H14Br2O3. The van der Waals surface area contributed by atoms with Crippen LogP contribution in [0.5, 0.6) is 11.5 Å². The van der Waals surface area contributed by atoms with E-state index >= 15 is 0 Å². The summed E-state index contributed by atoms with van der Waals surface area (Å²) in [7, 11) is 0. The second kappa shape index (κ2) is 6.95. The smallest absolute Gasteiger partial charge is 0.185 e. The molecule has 0 aromatic heterocycles. The van der Waals surface area contributed by atoms with E-state index in [-0.39, 0.29) is 17.3 Å². The zero-order chi connectivity index (χ0) is 17.3. The van der Waals surface area contributed by atoms with Crippen molar-refractivity contribution in [2.24, 2.45) is 0 Å². The van der Waals surface area contributed by atoms with Crippen LogP contribution in [0.2, 0.25) is 0 Å². The van der Waals surface area contributed by atoms with Gasteiger partial charge in [-0.25, -0.2) is 0 Å². The molecule has 0 spiro atoms. The Hall–Kier alpha value is -1.85. The van der Waals surface area contributed by atoms with Crippen LogP contribution >= 0.6 is 31.9 Å². The maximum Gasteiger partial charge on any atom is 0.185 e. The molecule has 1 aliphatic carbocycles. The van der Waals surface area contributed by atoms with E-state index in [1.54, 1.807) is 36.4 Å². The van der Waals surface area contributed by atoms with Crippen molar-refractivity contribution < 1.29 is 15.0 Å². The van der Waals surface area contributed by atoms with Gasteiger partial charge in [0.25, 0.3) is 0 Å². The summed E-state index contributed by atoms with van der Waals surface area (Å²) in [4.78, 5) is 12.6. The fourth-order valence-corrected chi connectivity index (χ4v) is 3.58. The molecule has 0 saturated heterocycles. The van der Waals surface area contributed by atoms with Crippen molar-refractivity contribution in [3.8, 4) is 11.5 Å². The van der Waals surface area contributed by atoms with Gasteiger partial charge >= 0.3 is 0 Å². The number of Topliss-reactive ketones (excluding diaryl/α,β-unsaturated/α-hetero) is 1. The van der Waals surface area contributed by atoms with Gasteiger partial charge in [-0.1, -0.05) is 44.0 Å². The van der Waals surface area contributed by atoms with Gasteiger partial charge in [0.15, 0.2) is 5.78 Å². The van der Waals surface area contributed by atoms with Crippen molar-refractivity contribution >= 4 is 49.8 Å². The van der Waals surface area contributed by atoms with Gasteiger partial charge < -0.3 is 10.2 Å². The van der Waals surface area contributed by atoms with E-state index in [1.807, 2.05) is 12.2 Å².